The van der Waals surface area contributed by atoms with Crippen LogP contribution in [0, 0.1) is 0 Å². The molecule has 0 aliphatic carbocycles. The van der Waals surface area contributed by atoms with Gasteiger partial charge in [0, 0.05) is 24.7 Å². The first kappa shape index (κ1) is 10.9. The Kier molecular flexibility index (Phi) is 3.01. The molecule has 3 heteroatoms. The predicted octanol–water partition coefficient (Wildman–Crippen LogP) is 2.09. The van der Waals surface area contributed by atoms with Gasteiger partial charge in [0.2, 0.25) is 0 Å². The van der Waals surface area contributed by atoms with Gasteiger partial charge in [-0.2, -0.15) is 0 Å². The number of hydrogen-bond acceptors (Lipinski definition) is 2. The highest BCUT2D eigenvalue weighted by Gasteiger charge is 2.33. The summed E-state index contributed by atoms with van der Waals surface area (Å²) in [5.74, 6) is 0. The topological polar surface area (TPSA) is 15.3 Å². The summed E-state index contributed by atoms with van der Waals surface area (Å²) < 4.78 is 0. The van der Waals surface area contributed by atoms with Crippen molar-refractivity contribution in [3.8, 4) is 0 Å². The van der Waals surface area contributed by atoms with Crippen molar-refractivity contribution in [2.45, 2.75) is 12.5 Å². The van der Waals surface area contributed by atoms with E-state index in [2.05, 4.69) is 36.3 Å². The van der Waals surface area contributed by atoms with Crippen LogP contribution in [0.2, 0.25) is 5.02 Å². The van der Waals surface area contributed by atoms with Crippen molar-refractivity contribution >= 4 is 11.6 Å². The van der Waals surface area contributed by atoms with E-state index in [-0.39, 0.29) is 5.54 Å². The molecule has 1 aromatic rings. The lowest BCUT2D eigenvalue weighted by Crippen LogP contribution is -2.55. The third-order valence-electron chi connectivity index (χ3n) is 3.38. The number of nitrogens with zero attached hydrogens (tertiary/aromatic N) is 1. The van der Waals surface area contributed by atoms with Gasteiger partial charge < -0.3 is 5.32 Å². The first-order valence-electron chi connectivity index (χ1n) is 5.31. The fourth-order valence-corrected chi connectivity index (χ4v) is 2.30. The molecule has 0 spiro atoms. The molecule has 1 saturated heterocycles. The average Bonchev–Trinajstić information content (AvgIpc) is 2.23. The van der Waals surface area contributed by atoms with E-state index in [0.717, 1.165) is 24.7 Å². The molecule has 1 aliphatic rings. The maximum Gasteiger partial charge on any atom is 0.0555 e. The van der Waals surface area contributed by atoms with Gasteiger partial charge in [-0.1, -0.05) is 23.7 Å². The van der Waals surface area contributed by atoms with E-state index in [9.17, 15) is 0 Å². The summed E-state index contributed by atoms with van der Waals surface area (Å²) in [5.41, 5.74) is 1.34. The SMILES string of the molecule is CN1CCNCC1(C)c1cccc(Cl)c1. The standard InChI is InChI=1S/C12H17ClN2/c1-12(9-14-6-7-15(12)2)10-4-3-5-11(13)8-10/h3-5,8,14H,6-7,9H2,1-2H3. The van der Waals surface area contributed by atoms with Crippen molar-refractivity contribution in [2.24, 2.45) is 0 Å². The molecule has 15 heavy (non-hydrogen) atoms. The van der Waals surface area contributed by atoms with E-state index in [1.165, 1.54) is 5.56 Å². The molecular weight excluding hydrogens is 208 g/mol. The Morgan fingerprint density at radius 2 is 2.27 bits per heavy atom. The highest BCUT2D eigenvalue weighted by atomic mass is 35.5. The molecule has 0 amide bonds. The van der Waals surface area contributed by atoms with Crippen molar-refractivity contribution < 1.29 is 0 Å². The fraction of sp³-hybridized carbons (Fsp3) is 0.500. The summed E-state index contributed by atoms with van der Waals surface area (Å²) in [7, 11) is 2.17. The smallest absolute Gasteiger partial charge is 0.0555 e. The van der Waals surface area contributed by atoms with Crippen molar-refractivity contribution in [2.75, 3.05) is 26.7 Å². The summed E-state index contributed by atoms with van der Waals surface area (Å²) in [4.78, 5) is 2.38. The molecule has 1 N–H and O–H groups in total. The zero-order valence-corrected chi connectivity index (χ0v) is 10.0. The zero-order chi connectivity index (χ0) is 10.9. The number of hydrogen-bond donors (Lipinski definition) is 1. The molecule has 1 heterocycles. The second-order valence-corrected chi connectivity index (χ2v) is 4.82. The maximum absolute atomic E-state index is 6.03. The van der Waals surface area contributed by atoms with E-state index in [1.807, 2.05) is 12.1 Å². The molecule has 0 saturated carbocycles. The highest BCUT2D eigenvalue weighted by Crippen LogP contribution is 2.29. The van der Waals surface area contributed by atoms with Gasteiger partial charge in [-0.15, -0.1) is 0 Å². The normalized spacial score (nSPS) is 27.9. The van der Waals surface area contributed by atoms with Gasteiger partial charge in [-0.05, 0) is 31.7 Å². The minimum atomic E-state index is 0.0587. The fourth-order valence-electron chi connectivity index (χ4n) is 2.11. The molecule has 1 aromatic carbocycles. The number of piperazine rings is 1. The summed E-state index contributed by atoms with van der Waals surface area (Å²) in [6.07, 6.45) is 0. The molecule has 1 atom stereocenters. The van der Waals surface area contributed by atoms with Crippen molar-refractivity contribution in [1.29, 1.82) is 0 Å². The average molecular weight is 225 g/mol. The molecule has 1 aliphatic heterocycles. The Balaban J connectivity index is 2.34. The lowest BCUT2D eigenvalue weighted by molar-refractivity contribution is 0.104. The van der Waals surface area contributed by atoms with Crippen LogP contribution < -0.4 is 5.32 Å². The van der Waals surface area contributed by atoms with Gasteiger partial charge in [-0.25, -0.2) is 0 Å². The van der Waals surface area contributed by atoms with Gasteiger partial charge in [0.05, 0.1) is 5.54 Å². The van der Waals surface area contributed by atoms with E-state index >= 15 is 0 Å². The van der Waals surface area contributed by atoms with E-state index in [0.29, 0.717) is 0 Å². The molecule has 2 rings (SSSR count). The van der Waals surface area contributed by atoms with E-state index < -0.39 is 0 Å². The highest BCUT2D eigenvalue weighted by molar-refractivity contribution is 6.30. The second-order valence-electron chi connectivity index (χ2n) is 4.38. The second kappa shape index (κ2) is 4.12. The molecule has 0 aromatic heterocycles. The lowest BCUT2D eigenvalue weighted by atomic mass is 9.89. The minimum Gasteiger partial charge on any atom is -0.313 e. The van der Waals surface area contributed by atoms with Crippen molar-refractivity contribution in [1.82, 2.24) is 10.2 Å². The van der Waals surface area contributed by atoms with Crippen LogP contribution in [0.25, 0.3) is 0 Å². The third-order valence-corrected chi connectivity index (χ3v) is 3.62. The Morgan fingerprint density at radius 1 is 1.47 bits per heavy atom. The van der Waals surface area contributed by atoms with Crippen LogP contribution in [0.1, 0.15) is 12.5 Å². The summed E-state index contributed by atoms with van der Waals surface area (Å²) in [6, 6.07) is 8.15. The first-order valence-corrected chi connectivity index (χ1v) is 5.69. The van der Waals surface area contributed by atoms with Crippen molar-refractivity contribution in [3.05, 3.63) is 34.9 Å². The van der Waals surface area contributed by atoms with Crippen LogP contribution in [-0.2, 0) is 5.54 Å². The molecule has 0 radical (unpaired) electrons. The minimum absolute atomic E-state index is 0.0587. The predicted molar refractivity (Wildman–Crippen MR) is 64.3 cm³/mol. The zero-order valence-electron chi connectivity index (χ0n) is 9.26. The Hall–Kier alpha value is -0.570. The van der Waals surface area contributed by atoms with E-state index in [1.54, 1.807) is 0 Å². The Bertz CT molecular complexity index is 353. The quantitative estimate of drug-likeness (QED) is 0.786. The monoisotopic (exact) mass is 224 g/mol. The maximum atomic E-state index is 6.03. The van der Waals surface area contributed by atoms with Gasteiger partial charge in [0.1, 0.15) is 0 Å². The number of nitrogens with one attached hydrogen (secondary N) is 1. The lowest BCUT2D eigenvalue weighted by Gasteiger charge is -2.43. The molecule has 1 fully saturated rings. The molecule has 1 unspecified atom stereocenters. The molecule has 82 valence electrons. The van der Waals surface area contributed by atoms with Crippen LogP contribution in [0.3, 0.4) is 0 Å². The number of rotatable bonds is 1. The van der Waals surface area contributed by atoms with Crippen LogP contribution in [-0.4, -0.2) is 31.6 Å². The largest absolute Gasteiger partial charge is 0.313 e. The van der Waals surface area contributed by atoms with Gasteiger partial charge in [0.25, 0.3) is 0 Å². The van der Waals surface area contributed by atoms with Gasteiger partial charge in [-0.3, -0.25) is 4.90 Å². The van der Waals surface area contributed by atoms with Crippen LogP contribution in [0.5, 0.6) is 0 Å². The Labute approximate surface area is 96.2 Å². The number of likely N-dealkylation sites (N-methyl/N-ethyl adjacent to an activating group) is 1. The third kappa shape index (κ3) is 2.03. The van der Waals surface area contributed by atoms with E-state index in [4.69, 9.17) is 11.6 Å². The van der Waals surface area contributed by atoms with Crippen molar-refractivity contribution in [3.63, 3.8) is 0 Å². The molecule has 2 nitrogen and oxygen atoms in total. The molecular formula is C12H17ClN2. The summed E-state index contributed by atoms with van der Waals surface area (Å²) >= 11 is 6.03. The first-order chi connectivity index (χ1) is 7.13. The van der Waals surface area contributed by atoms with Gasteiger partial charge >= 0.3 is 0 Å². The number of halogens is 1. The van der Waals surface area contributed by atoms with Gasteiger partial charge in [0.15, 0.2) is 0 Å². The summed E-state index contributed by atoms with van der Waals surface area (Å²) in [6.45, 7) is 5.37. The molecule has 0 bridgehead atoms. The van der Waals surface area contributed by atoms with Crippen LogP contribution in [0.15, 0.2) is 24.3 Å². The Morgan fingerprint density at radius 3 is 2.93 bits per heavy atom. The van der Waals surface area contributed by atoms with Crippen LogP contribution >= 0.6 is 11.6 Å². The number of benzene rings is 1. The summed E-state index contributed by atoms with van der Waals surface area (Å²) in [5, 5.41) is 4.25. The van der Waals surface area contributed by atoms with Crippen LogP contribution in [0.4, 0.5) is 0 Å².